The highest BCUT2D eigenvalue weighted by Crippen LogP contribution is 2.34. The Bertz CT molecular complexity index is 6810. The van der Waals surface area contributed by atoms with Gasteiger partial charge in [-0.1, -0.05) is 124 Å². The van der Waals surface area contributed by atoms with Crippen molar-refractivity contribution in [3.05, 3.63) is 396 Å². The van der Waals surface area contributed by atoms with Crippen molar-refractivity contribution < 1.29 is 54.9 Å². The van der Waals surface area contributed by atoms with E-state index < -0.39 is 45.1 Å². The van der Waals surface area contributed by atoms with E-state index in [1.165, 1.54) is 115 Å². The molecule has 6 saturated heterocycles. The molecule has 30 nitrogen and oxygen atoms in total. The molecule has 37 heteroatoms. The average molecular weight is 2040 g/mol. The molecule has 0 unspecified atom stereocenters. The smallest absolute Gasteiger partial charge is 0.410 e. The van der Waals surface area contributed by atoms with Crippen LogP contribution in [0, 0.1) is 102 Å². The maximum atomic E-state index is 14.7. The molecule has 9 N–H and O–H groups in total. The van der Waals surface area contributed by atoms with Gasteiger partial charge in [-0.25, -0.2) is 60.6 Å². The van der Waals surface area contributed by atoms with E-state index in [2.05, 4.69) is 248 Å². The van der Waals surface area contributed by atoms with Gasteiger partial charge in [0.1, 0.15) is 35.3 Å². The SMILES string of the molecule is Cc1ccc(N2CCN(c3ccc(-n4cn[nH]c4=O)cc3F)CC2)cc1.Cc1ccc(N2CCN(c3ccc(N)cc3F)CC2)cc1.Cc1ccc(N2CCN(c3ccc(NC(=O)NN)cc3F)CC2)cc1.Cc1ccc(N2CCN(c3ccc(NC(=O)Oc4ccccc4)cc3F)CC2)cc1.Cc1ccc(N2CCN(c3ccc([N+](=O)[O-])cc3F)CC2)cc1.Cc1ccc(N2CCNCC2)cc1.O=[N+]([O-])c1ccc(F)c(F)c1. The number of carbonyl (C=O) groups is 2. The van der Waals surface area contributed by atoms with Crippen LogP contribution in [0.1, 0.15) is 33.4 Å². The van der Waals surface area contributed by atoms with E-state index in [1.54, 1.807) is 72.8 Å². The lowest BCUT2D eigenvalue weighted by Crippen LogP contribution is -2.46. The molecule has 6 aliphatic rings. The number of aromatic amines is 1. The summed E-state index contributed by atoms with van der Waals surface area (Å²) in [4.78, 5) is 78.2. The number of nitrogens with zero attached hydrogens (tertiary/aromatic N) is 15. The standard InChI is InChI=1S/C24H24FN3O2.C19H20FN5O.C18H22FN5O.C17H18FN3O2.C17H20FN3.C11H16N2.C6H3F2NO2/c1-18-7-10-20(11-8-18)27-13-15-28(16-14-27)23-12-9-19(17-22(23)25)26-24(29)30-21-5-3-2-4-6-21;1-14-2-4-15(5-3-14)23-8-10-24(11-9-23)18-7-6-16(12-17(18)20)25-13-21-22-19(25)26;1-13-2-5-15(6-3-13)23-8-10-24(11-9-23)17-7-4-14(12-16(17)19)21-18(25)22-20;1-13-2-4-14(5-3-13)19-8-10-20(11-9-19)17-7-6-15(21(22)23)12-16(17)18;1-13-2-5-15(6-3-13)20-8-10-21(11-9-20)17-7-4-14(19)12-16(17)18;1-10-2-4-11(5-3-10)13-8-6-12-7-9-13;7-5-2-1-4(9(10)11)3-6(5)8/h2-12,17H,13-16H2,1H3,(H,26,29);2-7,12-13H,8-11H2,1H3,(H,22,26);2-7,12H,8-11,20H2,1H3,(H2,21,22,25);2-7,12H,8-11H2,1H3;2-7,12H,8-11,19H2,1H3;2-5,12H,6-9H2,1H3;1-3H. The highest BCUT2D eigenvalue weighted by atomic mass is 19.2. The van der Waals surface area contributed by atoms with Crippen molar-refractivity contribution in [2.75, 3.05) is 227 Å². The number of H-pyrrole nitrogens is 1. The van der Waals surface area contributed by atoms with Crippen LogP contribution in [0.15, 0.2) is 296 Å². The summed E-state index contributed by atoms with van der Waals surface area (Å²) in [5.74, 6) is 1.30. The number of amides is 3. The Morgan fingerprint density at radius 3 is 0.926 bits per heavy atom. The number of anilines is 14. The zero-order valence-corrected chi connectivity index (χ0v) is 84.0. The van der Waals surface area contributed by atoms with Crippen molar-refractivity contribution in [1.29, 1.82) is 0 Å². The van der Waals surface area contributed by atoms with E-state index in [1.807, 2.05) is 31.1 Å². The Balaban J connectivity index is 0.000000139. The number of nitrogens with one attached hydrogen (secondary N) is 5. The summed E-state index contributed by atoms with van der Waals surface area (Å²) < 4.78 is 103. The van der Waals surface area contributed by atoms with Crippen molar-refractivity contribution >= 4 is 103 Å². The Morgan fingerprint density at radius 1 is 0.329 bits per heavy atom. The van der Waals surface area contributed by atoms with Crippen molar-refractivity contribution in [3.8, 4) is 11.4 Å². The Kier molecular flexibility index (Phi) is 37.9. The molecule has 7 heterocycles. The zero-order chi connectivity index (χ0) is 106. The second kappa shape index (κ2) is 52.3. The number of nitrogens with two attached hydrogens (primary N) is 2. The summed E-state index contributed by atoms with van der Waals surface area (Å²) in [6, 6.07) is 84.3. The number of non-ortho nitro benzene ring substituents is 2. The Hall–Kier alpha value is -16.8. The molecule has 0 saturated carbocycles. The number of carbonyl (C=O) groups excluding carboxylic acids is 2. The summed E-state index contributed by atoms with van der Waals surface area (Å²) in [5, 5.41) is 35.0. The normalized spacial score (nSPS) is 14.4. The average Bonchev–Trinajstić information content (AvgIpc) is 1.57. The van der Waals surface area contributed by atoms with Gasteiger partial charge in [0.2, 0.25) is 0 Å². The van der Waals surface area contributed by atoms with Gasteiger partial charge in [-0.2, -0.15) is 5.10 Å². The maximum absolute atomic E-state index is 14.7. The fraction of sp³-hybridized carbons (Fsp3) is 0.268. The van der Waals surface area contributed by atoms with E-state index in [9.17, 15) is 65.3 Å². The molecule has 6 aliphatic heterocycles. The van der Waals surface area contributed by atoms with Crippen LogP contribution in [0.3, 0.4) is 0 Å². The van der Waals surface area contributed by atoms with Crippen LogP contribution in [0.2, 0.25) is 0 Å². The van der Waals surface area contributed by atoms with Gasteiger partial charge in [-0.15, -0.1) is 0 Å². The predicted octanol–water partition coefficient (Wildman–Crippen LogP) is 19.6. The first-order valence-corrected chi connectivity index (χ1v) is 49.2. The van der Waals surface area contributed by atoms with Crippen molar-refractivity contribution in [1.82, 2.24) is 25.5 Å². The number of aromatic nitrogens is 3. The van der Waals surface area contributed by atoms with Gasteiger partial charge < -0.3 is 75.0 Å². The van der Waals surface area contributed by atoms with Gasteiger partial charge in [-0.3, -0.25) is 31.0 Å². The topological polar surface area (TPSA) is 316 Å². The molecule has 149 heavy (non-hydrogen) atoms. The number of nitro benzene ring substituents is 2. The van der Waals surface area contributed by atoms with E-state index >= 15 is 0 Å². The van der Waals surface area contributed by atoms with Crippen molar-refractivity contribution in [3.63, 3.8) is 0 Å². The number of piperazine rings is 6. The van der Waals surface area contributed by atoms with Gasteiger partial charge in [-0.05, 0) is 205 Å². The maximum Gasteiger partial charge on any atom is 0.417 e. The largest absolute Gasteiger partial charge is 0.417 e. The molecule has 0 radical (unpaired) electrons. The summed E-state index contributed by atoms with van der Waals surface area (Å²) in [6.45, 7) is 32.7. The quantitative estimate of drug-likeness (QED) is 0.0111. The third-order valence-corrected chi connectivity index (χ3v) is 26.1. The number of benzene rings is 13. The fourth-order valence-corrected chi connectivity index (χ4v) is 17.7. The first kappa shape index (κ1) is 108. The van der Waals surface area contributed by atoms with Crippen molar-refractivity contribution in [2.45, 2.75) is 41.5 Å². The molecule has 0 aliphatic carbocycles. The third-order valence-electron chi connectivity index (χ3n) is 26.1. The van der Waals surface area contributed by atoms with E-state index in [-0.39, 0.29) is 34.6 Å². The number of rotatable bonds is 17. The van der Waals surface area contributed by atoms with E-state index in [0.717, 1.165) is 156 Å². The number of urea groups is 1. The molecule has 0 spiro atoms. The lowest BCUT2D eigenvalue weighted by molar-refractivity contribution is -0.385. The van der Waals surface area contributed by atoms with E-state index in [0.29, 0.717) is 82.2 Å². The number of nitrogen functional groups attached to an aromatic ring is 1. The summed E-state index contributed by atoms with van der Waals surface area (Å²) in [7, 11) is 0. The number of hydrazine groups is 1. The van der Waals surface area contributed by atoms with Gasteiger partial charge in [0.15, 0.2) is 17.5 Å². The molecule has 0 bridgehead atoms. The van der Waals surface area contributed by atoms with Crippen LogP contribution in [0.25, 0.3) is 5.69 Å². The minimum atomic E-state index is -1.21. The number of halogens is 7. The number of nitro groups is 2. The first-order valence-electron chi connectivity index (χ1n) is 49.2. The van der Waals surface area contributed by atoms with Crippen LogP contribution in [0.4, 0.5) is 131 Å². The monoisotopic (exact) mass is 2040 g/mol. The highest BCUT2D eigenvalue weighted by molar-refractivity contribution is 5.89. The molecule has 13 aromatic carbocycles. The Morgan fingerprint density at radius 2 is 0.617 bits per heavy atom. The molecule has 0 atom stereocenters. The number of ether oxygens (including phenoxy) is 1. The number of para-hydroxylation sites is 1. The lowest BCUT2D eigenvalue weighted by atomic mass is 10.2. The molecule has 20 rings (SSSR count). The van der Waals surface area contributed by atoms with Gasteiger partial charge in [0.25, 0.3) is 11.4 Å². The zero-order valence-electron chi connectivity index (χ0n) is 84.0. The van der Waals surface area contributed by atoms with Crippen LogP contribution in [-0.2, 0) is 0 Å². The predicted molar refractivity (Wildman–Crippen MR) is 581 cm³/mol. The first-order chi connectivity index (χ1) is 71.9. The number of hydrogen-bond acceptors (Lipinski definition) is 23. The van der Waals surface area contributed by atoms with Crippen molar-refractivity contribution in [2.24, 2.45) is 5.84 Å². The highest BCUT2D eigenvalue weighted by Gasteiger charge is 2.28. The van der Waals surface area contributed by atoms with Gasteiger partial charge in [0.05, 0.1) is 56.1 Å². The van der Waals surface area contributed by atoms with Gasteiger partial charge >= 0.3 is 17.8 Å². The second-order valence-electron chi connectivity index (χ2n) is 36.5. The molecule has 778 valence electrons. The van der Waals surface area contributed by atoms with Crippen LogP contribution in [0.5, 0.6) is 5.75 Å². The molecule has 1 aromatic heterocycles. The molecular weight excluding hydrogens is 1910 g/mol. The molecule has 6 fully saturated rings. The fourth-order valence-electron chi connectivity index (χ4n) is 17.7. The molecule has 14 aromatic rings. The summed E-state index contributed by atoms with van der Waals surface area (Å²) in [5.41, 5.74) is 25.7. The lowest BCUT2D eigenvalue weighted by Gasteiger charge is -2.37. The van der Waals surface area contributed by atoms with Gasteiger partial charge in [0, 0.05) is 226 Å². The molecule has 3 amide bonds. The second-order valence-corrected chi connectivity index (χ2v) is 36.5. The number of hydrogen-bond donors (Lipinski definition) is 7. The van der Waals surface area contributed by atoms with E-state index in [4.69, 9.17) is 16.3 Å². The minimum absolute atomic E-state index is 0.218. The van der Waals surface area contributed by atoms with Crippen LogP contribution in [-0.4, -0.2) is 194 Å². The summed E-state index contributed by atoms with van der Waals surface area (Å²) >= 11 is 0. The third kappa shape index (κ3) is 30.7. The minimum Gasteiger partial charge on any atom is -0.410 e. The Labute approximate surface area is 861 Å². The van der Waals surface area contributed by atoms with Crippen LogP contribution < -0.4 is 97.3 Å². The summed E-state index contributed by atoms with van der Waals surface area (Å²) in [6.07, 6.45) is 0.692. The number of aryl methyl sites for hydroxylation is 6. The van der Waals surface area contributed by atoms with Crippen LogP contribution >= 0.6 is 0 Å². The molecular formula is C112H123F7N22O8.